The van der Waals surface area contributed by atoms with E-state index in [1.54, 1.807) is 11.8 Å². The van der Waals surface area contributed by atoms with Crippen molar-refractivity contribution >= 4 is 28.6 Å². The SMILES string of the molecule is CCC1CCCCN1C(=O)CSc1ccc2ccccc2n1. The number of thioether (sulfide) groups is 1. The van der Waals surface area contributed by atoms with Gasteiger partial charge in [0.15, 0.2) is 0 Å². The number of piperidine rings is 1. The molecule has 1 aromatic carbocycles. The highest BCUT2D eigenvalue weighted by Gasteiger charge is 2.25. The number of rotatable bonds is 4. The van der Waals surface area contributed by atoms with Gasteiger partial charge in [0.2, 0.25) is 5.91 Å². The third-order valence-electron chi connectivity index (χ3n) is 4.34. The number of fused-ring (bicyclic) bond motifs is 1. The van der Waals surface area contributed by atoms with E-state index in [2.05, 4.69) is 28.9 Å². The van der Waals surface area contributed by atoms with Crippen LogP contribution < -0.4 is 0 Å². The van der Waals surface area contributed by atoms with E-state index >= 15 is 0 Å². The van der Waals surface area contributed by atoms with Gasteiger partial charge in [-0.3, -0.25) is 4.79 Å². The molecule has 1 saturated heterocycles. The zero-order chi connectivity index (χ0) is 15.4. The van der Waals surface area contributed by atoms with E-state index < -0.39 is 0 Å². The first kappa shape index (κ1) is 15.3. The molecule has 1 unspecified atom stereocenters. The number of benzene rings is 1. The van der Waals surface area contributed by atoms with Crippen molar-refractivity contribution in [3.8, 4) is 0 Å². The average molecular weight is 314 g/mol. The van der Waals surface area contributed by atoms with Crippen LogP contribution in [0.5, 0.6) is 0 Å². The molecule has 0 N–H and O–H groups in total. The molecule has 0 bridgehead atoms. The molecule has 1 aliphatic heterocycles. The van der Waals surface area contributed by atoms with E-state index in [1.165, 1.54) is 6.42 Å². The minimum absolute atomic E-state index is 0.256. The summed E-state index contributed by atoms with van der Waals surface area (Å²) >= 11 is 1.55. The lowest BCUT2D eigenvalue weighted by atomic mass is 10.0. The van der Waals surface area contributed by atoms with Gasteiger partial charge in [-0.1, -0.05) is 43.0 Å². The topological polar surface area (TPSA) is 33.2 Å². The van der Waals surface area contributed by atoms with Crippen molar-refractivity contribution in [3.63, 3.8) is 0 Å². The minimum Gasteiger partial charge on any atom is -0.339 e. The summed E-state index contributed by atoms with van der Waals surface area (Å²) < 4.78 is 0. The maximum atomic E-state index is 12.5. The van der Waals surface area contributed by atoms with Crippen LogP contribution in [0.25, 0.3) is 10.9 Å². The van der Waals surface area contributed by atoms with Crippen LogP contribution in [0.1, 0.15) is 32.6 Å². The highest BCUT2D eigenvalue weighted by atomic mass is 32.2. The zero-order valence-electron chi connectivity index (χ0n) is 13.0. The van der Waals surface area contributed by atoms with Gasteiger partial charge in [-0.2, -0.15) is 0 Å². The lowest BCUT2D eigenvalue weighted by Crippen LogP contribution is -2.44. The standard InChI is InChI=1S/C18H22N2OS/c1-2-15-8-5-6-12-20(15)18(21)13-22-17-11-10-14-7-3-4-9-16(14)19-17/h3-4,7,9-11,15H,2,5-6,8,12-13H2,1H3. The van der Waals surface area contributed by atoms with Gasteiger partial charge in [0.05, 0.1) is 16.3 Å². The largest absolute Gasteiger partial charge is 0.339 e. The molecule has 1 fully saturated rings. The van der Waals surface area contributed by atoms with Crippen LogP contribution in [-0.4, -0.2) is 34.1 Å². The Balaban J connectivity index is 1.64. The first-order chi connectivity index (χ1) is 10.8. The van der Waals surface area contributed by atoms with Crippen LogP contribution >= 0.6 is 11.8 Å². The number of carbonyl (C=O) groups is 1. The molecule has 0 saturated carbocycles. The Bertz CT molecular complexity index is 658. The Morgan fingerprint density at radius 3 is 3.00 bits per heavy atom. The van der Waals surface area contributed by atoms with Gasteiger partial charge in [0.25, 0.3) is 0 Å². The third-order valence-corrected chi connectivity index (χ3v) is 5.25. The van der Waals surface area contributed by atoms with Gasteiger partial charge in [-0.05, 0) is 37.8 Å². The summed E-state index contributed by atoms with van der Waals surface area (Å²) in [6, 6.07) is 12.6. The van der Waals surface area contributed by atoms with Crippen molar-refractivity contribution in [1.29, 1.82) is 0 Å². The molecular weight excluding hydrogens is 292 g/mol. The molecule has 2 heterocycles. The smallest absolute Gasteiger partial charge is 0.233 e. The fraction of sp³-hybridized carbons (Fsp3) is 0.444. The second kappa shape index (κ2) is 7.14. The number of para-hydroxylation sites is 1. The lowest BCUT2D eigenvalue weighted by molar-refractivity contribution is -0.132. The molecule has 0 spiro atoms. The Kier molecular flexibility index (Phi) is 4.98. The number of hydrogen-bond acceptors (Lipinski definition) is 3. The molecule has 4 heteroatoms. The zero-order valence-corrected chi connectivity index (χ0v) is 13.8. The number of amides is 1. The predicted octanol–water partition coefficient (Wildman–Crippen LogP) is 4.12. The fourth-order valence-electron chi connectivity index (χ4n) is 3.10. The van der Waals surface area contributed by atoms with Gasteiger partial charge in [-0.15, -0.1) is 0 Å². The van der Waals surface area contributed by atoms with Gasteiger partial charge in [0.1, 0.15) is 0 Å². The van der Waals surface area contributed by atoms with E-state index in [9.17, 15) is 4.79 Å². The first-order valence-electron chi connectivity index (χ1n) is 8.06. The monoisotopic (exact) mass is 314 g/mol. The number of hydrogen-bond donors (Lipinski definition) is 0. The van der Waals surface area contributed by atoms with E-state index in [0.29, 0.717) is 11.8 Å². The summed E-state index contributed by atoms with van der Waals surface area (Å²) in [4.78, 5) is 19.2. The van der Waals surface area contributed by atoms with Crippen LogP contribution in [0, 0.1) is 0 Å². The summed E-state index contributed by atoms with van der Waals surface area (Å²) in [7, 11) is 0. The van der Waals surface area contributed by atoms with Crippen molar-refractivity contribution in [2.45, 2.75) is 43.7 Å². The van der Waals surface area contributed by atoms with E-state index in [0.717, 1.165) is 41.7 Å². The van der Waals surface area contributed by atoms with Gasteiger partial charge in [-0.25, -0.2) is 4.98 Å². The van der Waals surface area contributed by atoms with E-state index in [4.69, 9.17) is 0 Å². The van der Waals surface area contributed by atoms with Crippen LogP contribution in [0.15, 0.2) is 41.4 Å². The van der Waals surface area contributed by atoms with Crippen molar-refractivity contribution < 1.29 is 4.79 Å². The molecule has 0 radical (unpaired) electrons. The lowest BCUT2D eigenvalue weighted by Gasteiger charge is -2.35. The number of aromatic nitrogens is 1. The minimum atomic E-state index is 0.256. The van der Waals surface area contributed by atoms with Crippen molar-refractivity contribution in [2.24, 2.45) is 0 Å². The van der Waals surface area contributed by atoms with Gasteiger partial charge in [0, 0.05) is 18.0 Å². The quantitative estimate of drug-likeness (QED) is 0.796. The average Bonchev–Trinajstić information content (AvgIpc) is 2.59. The highest BCUT2D eigenvalue weighted by Crippen LogP contribution is 2.23. The molecule has 1 atom stereocenters. The van der Waals surface area contributed by atoms with Crippen molar-refractivity contribution in [3.05, 3.63) is 36.4 Å². The summed E-state index contributed by atoms with van der Waals surface area (Å²) in [6.45, 7) is 3.09. The molecule has 1 amide bonds. The molecule has 1 aliphatic rings. The predicted molar refractivity (Wildman–Crippen MR) is 92.1 cm³/mol. The number of likely N-dealkylation sites (tertiary alicyclic amines) is 1. The van der Waals surface area contributed by atoms with Crippen molar-refractivity contribution in [2.75, 3.05) is 12.3 Å². The highest BCUT2D eigenvalue weighted by molar-refractivity contribution is 7.99. The second-order valence-corrected chi connectivity index (χ2v) is 6.77. The molecule has 1 aromatic heterocycles. The summed E-state index contributed by atoms with van der Waals surface area (Å²) in [5, 5.41) is 2.07. The van der Waals surface area contributed by atoms with Crippen LogP contribution in [0.4, 0.5) is 0 Å². The molecule has 0 aliphatic carbocycles. The van der Waals surface area contributed by atoms with Gasteiger partial charge < -0.3 is 4.90 Å². The number of carbonyl (C=O) groups excluding carboxylic acids is 1. The maximum Gasteiger partial charge on any atom is 0.233 e. The Labute approximate surface area is 136 Å². The molecular formula is C18H22N2OS. The molecule has 3 rings (SSSR count). The Morgan fingerprint density at radius 1 is 1.27 bits per heavy atom. The molecule has 116 valence electrons. The fourth-order valence-corrected chi connectivity index (χ4v) is 3.86. The molecule has 2 aromatic rings. The summed E-state index contributed by atoms with van der Waals surface area (Å²) in [5.41, 5.74) is 0.990. The van der Waals surface area contributed by atoms with Crippen molar-refractivity contribution in [1.82, 2.24) is 9.88 Å². The second-order valence-electron chi connectivity index (χ2n) is 5.78. The molecule has 22 heavy (non-hydrogen) atoms. The third kappa shape index (κ3) is 3.43. The normalized spacial score (nSPS) is 18.6. The maximum absolute atomic E-state index is 12.5. The van der Waals surface area contributed by atoms with Gasteiger partial charge >= 0.3 is 0 Å². The first-order valence-corrected chi connectivity index (χ1v) is 9.04. The number of pyridine rings is 1. The summed E-state index contributed by atoms with van der Waals surface area (Å²) in [6.07, 6.45) is 4.61. The van der Waals surface area contributed by atoms with Crippen LogP contribution in [0.3, 0.4) is 0 Å². The van der Waals surface area contributed by atoms with E-state index in [-0.39, 0.29) is 5.91 Å². The van der Waals surface area contributed by atoms with E-state index in [1.807, 2.05) is 24.3 Å². The Hall–Kier alpha value is -1.55. The Morgan fingerprint density at radius 2 is 2.14 bits per heavy atom. The number of nitrogens with zero attached hydrogens (tertiary/aromatic N) is 2. The molecule has 3 nitrogen and oxygen atoms in total. The van der Waals surface area contributed by atoms with Crippen LogP contribution in [-0.2, 0) is 4.79 Å². The van der Waals surface area contributed by atoms with Crippen LogP contribution in [0.2, 0.25) is 0 Å². The summed E-state index contributed by atoms with van der Waals surface area (Å²) in [5.74, 6) is 0.744.